The molecule has 0 saturated carbocycles. The van der Waals surface area contributed by atoms with Crippen molar-refractivity contribution in [3.8, 4) is 5.75 Å². The average Bonchev–Trinajstić information content (AvgIpc) is 2.68. The van der Waals surface area contributed by atoms with Crippen LogP contribution in [0.3, 0.4) is 0 Å². The Hall–Kier alpha value is -2.92. The number of amides is 1. The molecule has 1 aromatic carbocycles. The zero-order valence-corrected chi connectivity index (χ0v) is 16.4. The fourth-order valence-electron chi connectivity index (χ4n) is 2.60. The summed E-state index contributed by atoms with van der Waals surface area (Å²) >= 11 is 0. The van der Waals surface area contributed by atoms with Gasteiger partial charge in [0.1, 0.15) is 5.75 Å². The van der Waals surface area contributed by atoms with E-state index in [0.717, 1.165) is 0 Å². The standard InChI is InChI=1S/C18H26N2O9/c1-12(29-20(25)26)28-17(23)6-4-3-5-7-19-18(24)13-8-14(10-21)15(11-22)16(9-13)27-2/h8-9,12,21-22H,3-7,10-11H2,1-2H3,(H,19,24). The molecule has 0 bridgehead atoms. The largest absolute Gasteiger partial charge is 0.496 e. The number of esters is 1. The highest BCUT2D eigenvalue weighted by Crippen LogP contribution is 2.25. The number of unbranched alkanes of at least 4 members (excludes halogenated alkanes) is 2. The van der Waals surface area contributed by atoms with Crippen LogP contribution in [-0.2, 0) is 27.6 Å². The summed E-state index contributed by atoms with van der Waals surface area (Å²) in [5.41, 5.74) is 1.13. The van der Waals surface area contributed by atoms with Gasteiger partial charge in [0.2, 0.25) is 6.29 Å². The van der Waals surface area contributed by atoms with Gasteiger partial charge in [-0.1, -0.05) is 6.42 Å². The van der Waals surface area contributed by atoms with E-state index < -0.39 is 17.3 Å². The third-order valence-corrected chi connectivity index (χ3v) is 3.99. The average molecular weight is 414 g/mol. The predicted octanol–water partition coefficient (Wildman–Crippen LogP) is 1.07. The first-order chi connectivity index (χ1) is 13.8. The number of hydrogen-bond donors (Lipinski definition) is 3. The third-order valence-electron chi connectivity index (χ3n) is 3.99. The number of aliphatic hydroxyl groups is 2. The van der Waals surface area contributed by atoms with Crippen molar-refractivity contribution in [3.05, 3.63) is 38.9 Å². The Kier molecular flexibility index (Phi) is 10.4. The Bertz CT molecular complexity index is 684. The molecule has 1 aromatic rings. The lowest BCUT2D eigenvalue weighted by atomic mass is 10.0. The van der Waals surface area contributed by atoms with Crippen LogP contribution in [0.15, 0.2) is 12.1 Å². The zero-order chi connectivity index (χ0) is 21.8. The lowest BCUT2D eigenvalue weighted by Crippen LogP contribution is -2.25. The highest BCUT2D eigenvalue weighted by molar-refractivity contribution is 5.95. The third kappa shape index (κ3) is 8.32. The van der Waals surface area contributed by atoms with Crippen molar-refractivity contribution in [1.82, 2.24) is 5.32 Å². The molecule has 11 nitrogen and oxygen atoms in total. The van der Waals surface area contributed by atoms with Crippen LogP contribution >= 0.6 is 0 Å². The minimum Gasteiger partial charge on any atom is -0.496 e. The van der Waals surface area contributed by atoms with E-state index in [0.29, 0.717) is 48.2 Å². The number of methoxy groups -OCH3 is 1. The zero-order valence-electron chi connectivity index (χ0n) is 16.4. The van der Waals surface area contributed by atoms with E-state index in [-0.39, 0.29) is 25.5 Å². The number of nitrogens with zero attached hydrogens (tertiary/aromatic N) is 1. The maximum atomic E-state index is 12.3. The van der Waals surface area contributed by atoms with Gasteiger partial charge in [0.15, 0.2) is 0 Å². The molecule has 0 aliphatic heterocycles. The summed E-state index contributed by atoms with van der Waals surface area (Å²) < 4.78 is 9.86. The Balaban J connectivity index is 2.37. The minimum absolute atomic E-state index is 0.0824. The number of carbonyl (C=O) groups excluding carboxylic acids is 2. The van der Waals surface area contributed by atoms with Crippen LogP contribution in [0.25, 0.3) is 0 Å². The summed E-state index contributed by atoms with van der Waals surface area (Å²) in [6.45, 7) is 0.961. The summed E-state index contributed by atoms with van der Waals surface area (Å²) in [5.74, 6) is -0.637. The second-order valence-electron chi connectivity index (χ2n) is 6.09. The van der Waals surface area contributed by atoms with Crippen LogP contribution in [0.5, 0.6) is 5.75 Å². The molecule has 0 radical (unpaired) electrons. The maximum Gasteiger partial charge on any atom is 0.307 e. The first-order valence-corrected chi connectivity index (χ1v) is 9.02. The van der Waals surface area contributed by atoms with Crippen molar-refractivity contribution < 1.29 is 39.2 Å². The van der Waals surface area contributed by atoms with Crippen molar-refractivity contribution in [2.24, 2.45) is 0 Å². The molecule has 0 aromatic heterocycles. The number of benzene rings is 1. The van der Waals surface area contributed by atoms with Crippen molar-refractivity contribution in [2.75, 3.05) is 13.7 Å². The highest BCUT2D eigenvalue weighted by atomic mass is 17.0. The molecule has 0 spiro atoms. The normalized spacial score (nSPS) is 11.4. The van der Waals surface area contributed by atoms with Gasteiger partial charge in [-0.25, -0.2) is 0 Å². The molecule has 3 N–H and O–H groups in total. The number of nitrogens with one attached hydrogen (secondary N) is 1. The van der Waals surface area contributed by atoms with Gasteiger partial charge in [0.25, 0.3) is 11.0 Å². The molecule has 0 heterocycles. The smallest absolute Gasteiger partial charge is 0.307 e. The Morgan fingerprint density at radius 3 is 2.52 bits per heavy atom. The molecule has 1 unspecified atom stereocenters. The molecule has 1 rings (SSSR count). The number of aliphatic hydroxyl groups excluding tert-OH is 2. The minimum atomic E-state index is -1.25. The lowest BCUT2D eigenvalue weighted by Gasteiger charge is -2.13. The molecule has 11 heteroatoms. The van der Waals surface area contributed by atoms with Crippen molar-refractivity contribution in [3.63, 3.8) is 0 Å². The number of rotatable bonds is 13. The molecule has 0 aliphatic rings. The second-order valence-corrected chi connectivity index (χ2v) is 6.09. The Labute approximate surface area is 167 Å². The fraction of sp³-hybridized carbons (Fsp3) is 0.556. The van der Waals surface area contributed by atoms with Gasteiger partial charge in [-0.3, -0.25) is 14.4 Å². The quantitative estimate of drug-likeness (QED) is 0.141. The van der Waals surface area contributed by atoms with E-state index in [1.54, 1.807) is 0 Å². The highest BCUT2D eigenvalue weighted by Gasteiger charge is 2.15. The number of ether oxygens (including phenoxy) is 2. The maximum absolute atomic E-state index is 12.3. The summed E-state index contributed by atoms with van der Waals surface area (Å²) in [6.07, 6.45) is 0.564. The van der Waals surface area contributed by atoms with Crippen LogP contribution in [0.2, 0.25) is 0 Å². The van der Waals surface area contributed by atoms with E-state index >= 15 is 0 Å². The summed E-state index contributed by atoms with van der Waals surface area (Å²) in [6, 6.07) is 2.98. The molecule has 0 aliphatic carbocycles. The van der Waals surface area contributed by atoms with Gasteiger partial charge in [-0.15, -0.1) is 10.1 Å². The van der Waals surface area contributed by atoms with Gasteiger partial charge in [-0.2, -0.15) is 0 Å². The molecular weight excluding hydrogens is 388 g/mol. The van der Waals surface area contributed by atoms with Crippen LogP contribution in [0.1, 0.15) is 54.1 Å². The van der Waals surface area contributed by atoms with E-state index in [1.165, 1.54) is 26.2 Å². The topological polar surface area (TPSA) is 157 Å². The van der Waals surface area contributed by atoms with E-state index in [2.05, 4.69) is 10.2 Å². The Morgan fingerprint density at radius 2 is 1.93 bits per heavy atom. The molecule has 1 atom stereocenters. The van der Waals surface area contributed by atoms with E-state index in [1.807, 2.05) is 0 Å². The Morgan fingerprint density at radius 1 is 1.21 bits per heavy atom. The van der Waals surface area contributed by atoms with Crippen molar-refractivity contribution >= 4 is 11.9 Å². The SMILES string of the molecule is COc1cc(C(=O)NCCCCCC(=O)OC(C)O[N+](=O)[O-])cc(CO)c1CO. The van der Waals surface area contributed by atoms with Crippen molar-refractivity contribution in [1.29, 1.82) is 0 Å². The number of carbonyl (C=O) groups is 2. The number of hydrogen-bond acceptors (Lipinski definition) is 9. The monoisotopic (exact) mass is 414 g/mol. The lowest BCUT2D eigenvalue weighted by molar-refractivity contribution is -0.777. The van der Waals surface area contributed by atoms with Gasteiger partial charge >= 0.3 is 5.97 Å². The van der Waals surface area contributed by atoms with Crippen LogP contribution in [-0.4, -0.2) is 47.1 Å². The van der Waals surface area contributed by atoms with E-state index in [9.17, 15) is 29.9 Å². The second kappa shape index (κ2) is 12.5. The van der Waals surface area contributed by atoms with Gasteiger partial charge in [-0.05, 0) is 37.5 Å². The molecule has 29 heavy (non-hydrogen) atoms. The molecule has 162 valence electrons. The van der Waals surface area contributed by atoms with Gasteiger partial charge in [0.05, 0.1) is 20.3 Å². The summed E-state index contributed by atoms with van der Waals surface area (Å²) in [4.78, 5) is 38.0. The van der Waals surface area contributed by atoms with Crippen LogP contribution in [0, 0.1) is 10.1 Å². The molecule has 0 saturated heterocycles. The van der Waals surface area contributed by atoms with Gasteiger partial charge in [0, 0.05) is 24.1 Å². The molecule has 0 fully saturated rings. The first kappa shape index (κ1) is 24.1. The predicted molar refractivity (Wildman–Crippen MR) is 99.3 cm³/mol. The summed E-state index contributed by atoms with van der Waals surface area (Å²) in [7, 11) is 1.41. The first-order valence-electron chi connectivity index (χ1n) is 9.02. The summed E-state index contributed by atoms with van der Waals surface area (Å²) in [5, 5.41) is 30.6. The molecular formula is C18H26N2O9. The van der Waals surface area contributed by atoms with Crippen LogP contribution < -0.4 is 10.1 Å². The molecule has 1 amide bonds. The van der Waals surface area contributed by atoms with Crippen molar-refractivity contribution in [2.45, 2.75) is 52.1 Å². The fourth-order valence-corrected chi connectivity index (χ4v) is 2.60. The van der Waals surface area contributed by atoms with Gasteiger partial charge < -0.3 is 25.0 Å². The van der Waals surface area contributed by atoms with E-state index in [4.69, 9.17) is 9.47 Å². The van der Waals surface area contributed by atoms with Crippen LogP contribution in [0.4, 0.5) is 0 Å².